The van der Waals surface area contributed by atoms with Crippen LogP contribution in [-0.2, 0) is 16.0 Å². The second-order valence-electron chi connectivity index (χ2n) is 5.10. The normalized spacial score (nSPS) is 10.2. The minimum absolute atomic E-state index is 0.0153. The molecule has 1 aromatic carbocycles. The number of para-hydroxylation sites is 1. The zero-order valence-corrected chi connectivity index (χ0v) is 12.8. The lowest BCUT2D eigenvalue weighted by Crippen LogP contribution is -2.27. The molecule has 0 aliphatic carbocycles. The number of carbonyl (C=O) groups excluding carboxylic acids is 2. The van der Waals surface area contributed by atoms with E-state index < -0.39 is 0 Å². The summed E-state index contributed by atoms with van der Waals surface area (Å²) in [5, 5.41) is 15.2. The summed E-state index contributed by atoms with van der Waals surface area (Å²) in [5.74, 6) is 0.0297. The van der Waals surface area contributed by atoms with Gasteiger partial charge in [0.25, 0.3) is 0 Å². The van der Waals surface area contributed by atoms with E-state index in [4.69, 9.17) is 5.73 Å². The van der Waals surface area contributed by atoms with E-state index >= 15 is 0 Å². The van der Waals surface area contributed by atoms with Crippen molar-refractivity contribution in [1.29, 1.82) is 0 Å². The largest absolute Gasteiger partial charge is 0.508 e. The lowest BCUT2D eigenvalue weighted by Gasteiger charge is -2.07. The third-order valence-corrected chi connectivity index (χ3v) is 3.21. The molecule has 0 atom stereocenters. The predicted molar refractivity (Wildman–Crippen MR) is 85.4 cm³/mol. The molecule has 0 fully saturated rings. The van der Waals surface area contributed by atoms with E-state index in [0.717, 1.165) is 19.3 Å². The lowest BCUT2D eigenvalue weighted by molar-refractivity contribution is -0.121. The monoisotopic (exact) mass is 307 g/mol. The smallest absolute Gasteiger partial charge is 0.224 e. The average molecular weight is 307 g/mol. The molecule has 1 aromatic rings. The SMILES string of the molecule is NCCC(=O)NCCCCCNC(=O)Cc1ccccc1O. The van der Waals surface area contributed by atoms with Gasteiger partial charge in [0.15, 0.2) is 0 Å². The van der Waals surface area contributed by atoms with E-state index in [0.29, 0.717) is 31.6 Å². The van der Waals surface area contributed by atoms with Gasteiger partial charge in [0, 0.05) is 31.6 Å². The quantitative estimate of drug-likeness (QED) is 0.477. The molecule has 2 amide bonds. The maximum absolute atomic E-state index is 11.7. The van der Waals surface area contributed by atoms with E-state index in [1.54, 1.807) is 24.3 Å². The van der Waals surface area contributed by atoms with Crippen LogP contribution >= 0.6 is 0 Å². The van der Waals surface area contributed by atoms with Crippen molar-refractivity contribution >= 4 is 11.8 Å². The molecule has 6 heteroatoms. The van der Waals surface area contributed by atoms with E-state index in [2.05, 4.69) is 10.6 Å². The van der Waals surface area contributed by atoms with Gasteiger partial charge >= 0.3 is 0 Å². The molecule has 0 aromatic heterocycles. The fraction of sp³-hybridized carbons (Fsp3) is 0.500. The van der Waals surface area contributed by atoms with Gasteiger partial charge in [-0.15, -0.1) is 0 Å². The van der Waals surface area contributed by atoms with Gasteiger partial charge in [-0.1, -0.05) is 18.2 Å². The van der Waals surface area contributed by atoms with Crippen LogP contribution in [0.2, 0.25) is 0 Å². The Bertz CT molecular complexity index is 477. The fourth-order valence-electron chi connectivity index (χ4n) is 2.00. The minimum atomic E-state index is -0.0993. The van der Waals surface area contributed by atoms with E-state index in [1.807, 2.05) is 0 Å². The molecule has 0 radical (unpaired) electrons. The van der Waals surface area contributed by atoms with Gasteiger partial charge in [0.2, 0.25) is 11.8 Å². The van der Waals surface area contributed by atoms with Crippen LogP contribution in [0.3, 0.4) is 0 Å². The minimum Gasteiger partial charge on any atom is -0.508 e. The number of nitrogens with one attached hydrogen (secondary N) is 2. The number of hydrogen-bond donors (Lipinski definition) is 4. The van der Waals surface area contributed by atoms with Gasteiger partial charge in [-0.2, -0.15) is 0 Å². The zero-order chi connectivity index (χ0) is 16.2. The number of phenolic OH excluding ortho intramolecular Hbond substituents is 1. The van der Waals surface area contributed by atoms with Crippen LogP contribution in [-0.4, -0.2) is 36.6 Å². The van der Waals surface area contributed by atoms with E-state index in [9.17, 15) is 14.7 Å². The topological polar surface area (TPSA) is 104 Å². The molecule has 5 N–H and O–H groups in total. The summed E-state index contributed by atoms with van der Waals surface area (Å²) in [6, 6.07) is 6.82. The Morgan fingerprint density at radius 3 is 2.27 bits per heavy atom. The summed E-state index contributed by atoms with van der Waals surface area (Å²) in [4.78, 5) is 22.9. The van der Waals surface area contributed by atoms with Crippen molar-refractivity contribution in [2.45, 2.75) is 32.1 Å². The van der Waals surface area contributed by atoms with Gasteiger partial charge in [0.1, 0.15) is 5.75 Å². The number of rotatable bonds is 10. The maximum Gasteiger partial charge on any atom is 0.224 e. The van der Waals surface area contributed by atoms with Gasteiger partial charge in [-0.25, -0.2) is 0 Å². The van der Waals surface area contributed by atoms with Gasteiger partial charge < -0.3 is 21.5 Å². The zero-order valence-electron chi connectivity index (χ0n) is 12.8. The van der Waals surface area contributed by atoms with Crippen LogP contribution in [0.1, 0.15) is 31.2 Å². The first-order chi connectivity index (χ1) is 10.6. The first kappa shape index (κ1) is 18.0. The number of nitrogens with two attached hydrogens (primary N) is 1. The second-order valence-corrected chi connectivity index (χ2v) is 5.10. The fourth-order valence-corrected chi connectivity index (χ4v) is 2.00. The first-order valence-corrected chi connectivity index (χ1v) is 7.64. The first-order valence-electron chi connectivity index (χ1n) is 7.64. The van der Waals surface area contributed by atoms with Crippen LogP contribution in [0, 0.1) is 0 Å². The molecular formula is C16H25N3O3. The number of phenols is 1. The number of aromatic hydroxyl groups is 1. The molecule has 0 heterocycles. The Morgan fingerprint density at radius 1 is 1.00 bits per heavy atom. The summed E-state index contributed by atoms with van der Waals surface area (Å²) in [6.07, 6.45) is 3.22. The number of benzene rings is 1. The van der Waals surface area contributed by atoms with Crippen LogP contribution in [0.15, 0.2) is 24.3 Å². The molecule has 0 saturated heterocycles. The summed E-state index contributed by atoms with van der Waals surface area (Å²) >= 11 is 0. The summed E-state index contributed by atoms with van der Waals surface area (Å²) in [6.45, 7) is 1.61. The van der Waals surface area contributed by atoms with Crippen molar-refractivity contribution in [1.82, 2.24) is 10.6 Å². The van der Waals surface area contributed by atoms with Gasteiger partial charge in [-0.3, -0.25) is 9.59 Å². The van der Waals surface area contributed by atoms with Crippen LogP contribution in [0.4, 0.5) is 0 Å². The van der Waals surface area contributed by atoms with Gasteiger partial charge in [-0.05, 0) is 25.3 Å². The number of hydrogen-bond acceptors (Lipinski definition) is 4. The second kappa shape index (κ2) is 10.6. The standard InChI is InChI=1S/C16H25N3O3/c17-9-8-15(21)18-10-4-1-5-11-19-16(22)12-13-6-2-3-7-14(13)20/h2-3,6-7,20H,1,4-5,8-12,17H2,(H,18,21)(H,19,22). The molecule has 6 nitrogen and oxygen atoms in total. The molecule has 22 heavy (non-hydrogen) atoms. The summed E-state index contributed by atoms with van der Waals surface area (Å²) in [5.41, 5.74) is 5.90. The highest BCUT2D eigenvalue weighted by atomic mass is 16.3. The molecule has 0 spiro atoms. The Hall–Kier alpha value is -2.08. The summed E-state index contributed by atoms with van der Waals surface area (Å²) < 4.78 is 0. The average Bonchev–Trinajstić information content (AvgIpc) is 2.49. The molecular weight excluding hydrogens is 282 g/mol. The highest BCUT2D eigenvalue weighted by Crippen LogP contribution is 2.15. The Labute approximate surface area is 131 Å². The molecule has 122 valence electrons. The van der Waals surface area contributed by atoms with Crippen LogP contribution in [0.25, 0.3) is 0 Å². The predicted octanol–water partition coefficient (Wildman–Crippen LogP) is 0.686. The number of unbranched alkanes of at least 4 members (excludes halogenated alkanes) is 2. The Kier molecular flexibility index (Phi) is 8.67. The highest BCUT2D eigenvalue weighted by molar-refractivity contribution is 5.79. The highest BCUT2D eigenvalue weighted by Gasteiger charge is 2.06. The molecule has 1 rings (SSSR count). The Morgan fingerprint density at radius 2 is 1.64 bits per heavy atom. The molecule has 0 aliphatic rings. The van der Waals surface area contributed by atoms with Crippen molar-refractivity contribution in [3.63, 3.8) is 0 Å². The van der Waals surface area contributed by atoms with E-state index in [-0.39, 0.29) is 24.0 Å². The third-order valence-electron chi connectivity index (χ3n) is 3.21. The summed E-state index contributed by atoms with van der Waals surface area (Å²) in [7, 11) is 0. The molecule has 0 saturated carbocycles. The van der Waals surface area contributed by atoms with Crippen molar-refractivity contribution in [2.24, 2.45) is 5.73 Å². The third kappa shape index (κ3) is 7.64. The van der Waals surface area contributed by atoms with Crippen LogP contribution < -0.4 is 16.4 Å². The number of carbonyl (C=O) groups is 2. The van der Waals surface area contributed by atoms with Gasteiger partial charge in [0.05, 0.1) is 6.42 Å². The van der Waals surface area contributed by atoms with Crippen molar-refractivity contribution in [2.75, 3.05) is 19.6 Å². The van der Waals surface area contributed by atoms with Crippen molar-refractivity contribution in [3.8, 4) is 5.75 Å². The Balaban J connectivity index is 2.04. The maximum atomic E-state index is 11.7. The van der Waals surface area contributed by atoms with E-state index in [1.165, 1.54) is 0 Å². The molecule has 0 unspecified atom stereocenters. The number of amides is 2. The molecule has 0 aliphatic heterocycles. The lowest BCUT2D eigenvalue weighted by atomic mass is 10.1. The van der Waals surface area contributed by atoms with Crippen molar-refractivity contribution < 1.29 is 14.7 Å². The van der Waals surface area contributed by atoms with Crippen LogP contribution in [0.5, 0.6) is 5.75 Å². The molecule has 0 bridgehead atoms. The van der Waals surface area contributed by atoms with Crippen molar-refractivity contribution in [3.05, 3.63) is 29.8 Å².